The Kier molecular flexibility index (Phi) is 7.17. The molecule has 6 heteroatoms. The number of amides is 1. The van der Waals surface area contributed by atoms with Crippen molar-refractivity contribution in [2.45, 2.75) is 44.8 Å². The zero-order chi connectivity index (χ0) is 19.3. The van der Waals surface area contributed by atoms with Gasteiger partial charge in [-0.25, -0.2) is 0 Å². The molecule has 146 valence electrons. The number of hydrogen-bond donors (Lipinski definition) is 3. The van der Waals surface area contributed by atoms with Crippen molar-refractivity contribution in [1.29, 1.82) is 0 Å². The summed E-state index contributed by atoms with van der Waals surface area (Å²) in [4.78, 5) is 17.4. The highest BCUT2D eigenvalue weighted by Crippen LogP contribution is 2.30. The molecule has 2 rings (SSSR count). The molecular weight excluding hydrogens is 330 g/mol. The summed E-state index contributed by atoms with van der Waals surface area (Å²) < 4.78 is 0. The number of carbonyl (C=O) groups excluding carboxylic acids is 1. The van der Waals surface area contributed by atoms with Gasteiger partial charge in [-0.15, -0.1) is 0 Å². The Morgan fingerprint density at radius 3 is 2.35 bits per heavy atom. The summed E-state index contributed by atoms with van der Waals surface area (Å²) in [5.74, 6) is 0.0375. The van der Waals surface area contributed by atoms with Gasteiger partial charge in [-0.05, 0) is 58.3 Å². The molecule has 1 heterocycles. The van der Waals surface area contributed by atoms with Gasteiger partial charge in [0, 0.05) is 31.9 Å². The average molecular weight is 364 g/mol. The molecule has 0 bridgehead atoms. The molecule has 1 atom stereocenters. The third kappa shape index (κ3) is 4.62. The number of nitrogens with zero attached hydrogens (tertiary/aromatic N) is 2. The van der Waals surface area contributed by atoms with Crippen LogP contribution in [-0.2, 0) is 4.79 Å². The zero-order valence-corrected chi connectivity index (χ0v) is 16.5. The lowest BCUT2D eigenvalue weighted by Crippen LogP contribution is -2.60. The summed E-state index contributed by atoms with van der Waals surface area (Å²) in [7, 11) is 3.92. The molecule has 1 saturated heterocycles. The maximum Gasteiger partial charge on any atom is 0.244 e. The van der Waals surface area contributed by atoms with Crippen LogP contribution in [0.3, 0.4) is 0 Å². The van der Waals surface area contributed by atoms with Crippen LogP contribution < -0.4 is 5.32 Å². The van der Waals surface area contributed by atoms with Crippen molar-refractivity contribution >= 4 is 11.6 Å². The summed E-state index contributed by atoms with van der Waals surface area (Å²) >= 11 is 0. The number of hydrogen-bond acceptors (Lipinski definition) is 5. The van der Waals surface area contributed by atoms with Gasteiger partial charge in [0.05, 0.1) is 6.10 Å². The van der Waals surface area contributed by atoms with Gasteiger partial charge in [-0.1, -0.05) is 18.2 Å². The van der Waals surface area contributed by atoms with E-state index in [1.165, 1.54) is 0 Å². The molecule has 1 aromatic carbocycles. The van der Waals surface area contributed by atoms with E-state index in [2.05, 4.69) is 10.2 Å². The van der Waals surface area contributed by atoms with Gasteiger partial charge in [-0.2, -0.15) is 0 Å². The Balaban J connectivity index is 2.08. The van der Waals surface area contributed by atoms with E-state index in [1.54, 1.807) is 0 Å². The number of piperidine rings is 1. The van der Waals surface area contributed by atoms with Crippen LogP contribution in [0.5, 0.6) is 0 Å². The topological polar surface area (TPSA) is 76.0 Å². The van der Waals surface area contributed by atoms with E-state index in [4.69, 9.17) is 5.11 Å². The average Bonchev–Trinajstić information content (AvgIpc) is 2.59. The van der Waals surface area contributed by atoms with Gasteiger partial charge in [0.1, 0.15) is 5.54 Å². The van der Waals surface area contributed by atoms with Gasteiger partial charge in [0.2, 0.25) is 5.91 Å². The first-order valence-electron chi connectivity index (χ1n) is 9.36. The summed E-state index contributed by atoms with van der Waals surface area (Å²) in [6.07, 6.45) is 1.29. The fourth-order valence-corrected chi connectivity index (χ4v) is 3.76. The standard InChI is InChI=1S/C20H33N3O3/c1-15-6-5-7-16(2)18(15)21-19(26)20(22(3)4)9-11-23(12-10-20)14-17(25)8-13-24/h5-7,17,24-25H,8-14H2,1-4H3,(H,21,26). The normalized spacial score (nSPS) is 18.7. The Morgan fingerprint density at radius 2 is 1.85 bits per heavy atom. The van der Waals surface area contributed by atoms with E-state index >= 15 is 0 Å². The van der Waals surface area contributed by atoms with E-state index in [9.17, 15) is 9.90 Å². The van der Waals surface area contributed by atoms with Crippen molar-refractivity contribution in [3.05, 3.63) is 29.3 Å². The summed E-state index contributed by atoms with van der Waals surface area (Å²) in [6, 6.07) is 6.02. The third-order valence-corrected chi connectivity index (χ3v) is 5.61. The van der Waals surface area contributed by atoms with E-state index in [0.717, 1.165) is 29.9 Å². The molecule has 26 heavy (non-hydrogen) atoms. The molecule has 1 aromatic rings. The molecule has 1 amide bonds. The van der Waals surface area contributed by atoms with Gasteiger partial charge in [0.15, 0.2) is 0 Å². The molecule has 0 aliphatic carbocycles. The molecule has 1 unspecified atom stereocenters. The van der Waals surface area contributed by atoms with Gasteiger partial charge in [-0.3, -0.25) is 9.69 Å². The molecule has 0 spiro atoms. The van der Waals surface area contributed by atoms with Crippen molar-refractivity contribution in [2.24, 2.45) is 0 Å². The van der Waals surface area contributed by atoms with Crippen LogP contribution in [0.1, 0.15) is 30.4 Å². The lowest BCUT2D eigenvalue weighted by Gasteiger charge is -2.45. The number of nitrogens with one attached hydrogen (secondary N) is 1. The fraction of sp³-hybridized carbons (Fsp3) is 0.650. The minimum absolute atomic E-state index is 0.00513. The molecule has 6 nitrogen and oxygen atoms in total. The highest BCUT2D eigenvalue weighted by Gasteiger charge is 2.43. The SMILES string of the molecule is Cc1cccc(C)c1NC(=O)C1(N(C)C)CCN(CC(O)CCO)CC1. The van der Waals surface area contributed by atoms with Crippen LogP contribution in [0, 0.1) is 13.8 Å². The third-order valence-electron chi connectivity index (χ3n) is 5.61. The van der Waals surface area contributed by atoms with Crippen molar-refractivity contribution < 1.29 is 15.0 Å². The number of likely N-dealkylation sites (tertiary alicyclic amines) is 1. The van der Waals surface area contributed by atoms with Crippen molar-refractivity contribution in [2.75, 3.05) is 45.7 Å². The van der Waals surface area contributed by atoms with Crippen LogP contribution in [0.4, 0.5) is 5.69 Å². The number of aryl methyl sites for hydroxylation is 2. The van der Waals surface area contributed by atoms with Crippen molar-refractivity contribution in [3.63, 3.8) is 0 Å². The molecular formula is C20H33N3O3. The van der Waals surface area contributed by atoms with Crippen LogP contribution in [-0.4, -0.2) is 77.9 Å². The van der Waals surface area contributed by atoms with Crippen molar-refractivity contribution in [3.8, 4) is 0 Å². The summed E-state index contributed by atoms with van der Waals surface area (Å²) in [6.45, 7) is 6.06. The number of β-amino-alcohol motifs (C(OH)–C–C–N with tert-alkyl or cyclic N) is 1. The number of para-hydroxylation sites is 1. The smallest absolute Gasteiger partial charge is 0.244 e. The first-order chi connectivity index (χ1) is 12.3. The van der Waals surface area contributed by atoms with Crippen LogP contribution in [0.2, 0.25) is 0 Å². The molecule has 1 aliphatic heterocycles. The second-order valence-electron chi connectivity index (χ2n) is 7.61. The molecule has 0 radical (unpaired) electrons. The number of rotatable bonds is 7. The number of aliphatic hydroxyl groups is 2. The summed E-state index contributed by atoms with van der Waals surface area (Å²) in [5, 5.41) is 22.0. The maximum absolute atomic E-state index is 13.2. The van der Waals surface area contributed by atoms with E-state index in [1.807, 2.05) is 51.0 Å². The van der Waals surface area contributed by atoms with Crippen LogP contribution in [0.15, 0.2) is 18.2 Å². The minimum atomic E-state index is -0.548. The second kappa shape index (κ2) is 8.95. The predicted octanol–water partition coefficient (Wildman–Crippen LogP) is 1.38. The Labute approximate surface area is 156 Å². The van der Waals surface area contributed by atoms with Crippen LogP contribution >= 0.6 is 0 Å². The molecule has 0 saturated carbocycles. The first kappa shape index (κ1) is 20.8. The van der Waals surface area contributed by atoms with E-state index < -0.39 is 11.6 Å². The lowest BCUT2D eigenvalue weighted by molar-refractivity contribution is -0.129. The van der Waals surface area contributed by atoms with Gasteiger partial charge in [0.25, 0.3) is 0 Å². The number of anilines is 1. The second-order valence-corrected chi connectivity index (χ2v) is 7.61. The number of benzene rings is 1. The number of carbonyl (C=O) groups is 1. The Bertz CT molecular complexity index is 590. The Hall–Kier alpha value is -1.47. The van der Waals surface area contributed by atoms with E-state index in [-0.39, 0.29) is 12.5 Å². The highest BCUT2D eigenvalue weighted by atomic mass is 16.3. The lowest BCUT2D eigenvalue weighted by atomic mass is 9.84. The highest BCUT2D eigenvalue weighted by molar-refractivity contribution is 5.99. The number of likely N-dealkylation sites (N-methyl/N-ethyl adjacent to an activating group) is 1. The number of aliphatic hydroxyl groups excluding tert-OH is 2. The molecule has 3 N–H and O–H groups in total. The van der Waals surface area contributed by atoms with Gasteiger partial charge < -0.3 is 20.4 Å². The maximum atomic E-state index is 13.2. The van der Waals surface area contributed by atoms with E-state index in [0.29, 0.717) is 25.8 Å². The van der Waals surface area contributed by atoms with Crippen molar-refractivity contribution in [1.82, 2.24) is 9.80 Å². The molecule has 1 fully saturated rings. The largest absolute Gasteiger partial charge is 0.396 e. The molecule has 1 aliphatic rings. The predicted molar refractivity (Wildman–Crippen MR) is 104 cm³/mol. The zero-order valence-electron chi connectivity index (χ0n) is 16.5. The quantitative estimate of drug-likeness (QED) is 0.682. The first-order valence-corrected chi connectivity index (χ1v) is 9.36. The molecule has 0 aromatic heterocycles. The monoisotopic (exact) mass is 363 g/mol. The Morgan fingerprint density at radius 1 is 1.27 bits per heavy atom. The fourth-order valence-electron chi connectivity index (χ4n) is 3.76. The summed E-state index contributed by atoms with van der Waals surface area (Å²) in [5.41, 5.74) is 2.49. The minimum Gasteiger partial charge on any atom is -0.396 e. The van der Waals surface area contributed by atoms with Crippen LogP contribution in [0.25, 0.3) is 0 Å². The van der Waals surface area contributed by atoms with Gasteiger partial charge >= 0.3 is 0 Å².